The van der Waals surface area contributed by atoms with E-state index < -0.39 is 0 Å². The Bertz CT molecular complexity index is 474. The molecule has 0 N–H and O–H groups in total. The highest BCUT2D eigenvalue weighted by Crippen LogP contribution is 2.31. The van der Waals surface area contributed by atoms with Gasteiger partial charge in [0, 0.05) is 0 Å². The number of rotatable bonds is 4. The van der Waals surface area contributed by atoms with E-state index in [0.717, 1.165) is 10.7 Å². The molecule has 1 unspecified atom stereocenters. The van der Waals surface area contributed by atoms with Crippen LogP contribution in [0.5, 0.6) is 0 Å². The Labute approximate surface area is 141 Å². The van der Waals surface area contributed by atoms with Crippen LogP contribution in [-0.4, -0.2) is 55.4 Å². The maximum atomic E-state index is 12.2. The first-order chi connectivity index (χ1) is 9.47. The normalized spacial score (nSPS) is 11.1. The SMILES string of the molecule is CCOC(=O)C(SC(N(C)C)=[N+](C)C)c1ccccc1.[Br-]. The number of halogens is 1. The number of thioether (sulfide) groups is 1. The minimum absolute atomic E-state index is 0. The van der Waals surface area contributed by atoms with Crippen LogP contribution in [0.25, 0.3) is 0 Å². The molecule has 0 saturated carbocycles. The summed E-state index contributed by atoms with van der Waals surface area (Å²) in [7, 11) is 7.87. The smallest absolute Gasteiger partial charge is 0.324 e. The number of amidine groups is 1. The van der Waals surface area contributed by atoms with Crippen molar-refractivity contribution < 1.29 is 31.1 Å². The van der Waals surface area contributed by atoms with E-state index in [2.05, 4.69) is 0 Å². The molecule has 0 radical (unpaired) electrons. The highest BCUT2D eigenvalue weighted by molar-refractivity contribution is 8.14. The number of carbonyl (C=O) groups excluding carboxylic acids is 1. The zero-order valence-corrected chi connectivity index (χ0v) is 15.6. The minimum Gasteiger partial charge on any atom is -1.00 e. The molecule has 0 aliphatic carbocycles. The zero-order chi connectivity index (χ0) is 15.1. The summed E-state index contributed by atoms with van der Waals surface area (Å²) in [5.41, 5.74) is 0.956. The van der Waals surface area contributed by atoms with Gasteiger partial charge < -0.3 is 21.7 Å². The fraction of sp³-hybridized carbons (Fsp3) is 0.467. The summed E-state index contributed by atoms with van der Waals surface area (Å²) < 4.78 is 7.21. The fourth-order valence-electron chi connectivity index (χ4n) is 1.81. The third-order valence-electron chi connectivity index (χ3n) is 2.59. The van der Waals surface area contributed by atoms with Crippen LogP contribution in [-0.2, 0) is 9.53 Å². The summed E-state index contributed by atoms with van der Waals surface area (Å²) in [6, 6.07) is 9.73. The lowest BCUT2D eigenvalue weighted by Crippen LogP contribution is -3.00. The van der Waals surface area contributed by atoms with E-state index in [9.17, 15) is 4.79 Å². The highest BCUT2D eigenvalue weighted by Gasteiger charge is 2.29. The van der Waals surface area contributed by atoms with E-state index in [1.807, 2.05) is 74.9 Å². The van der Waals surface area contributed by atoms with Gasteiger partial charge in [0.25, 0.3) is 0 Å². The molecular weight excluding hydrogens is 352 g/mol. The summed E-state index contributed by atoms with van der Waals surface area (Å²) in [5, 5.41) is 0.655. The van der Waals surface area contributed by atoms with E-state index >= 15 is 0 Å². The number of esters is 1. The molecule has 0 saturated heterocycles. The molecule has 0 amide bonds. The lowest BCUT2D eigenvalue weighted by molar-refractivity contribution is -0.466. The Morgan fingerprint density at radius 3 is 2.29 bits per heavy atom. The van der Waals surface area contributed by atoms with Crippen molar-refractivity contribution in [2.75, 3.05) is 34.8 Å². The van der Waals surface area contributed by atoms with Crippen LogP contribution in [0.1, 0.15) is 17.7 Å². The first kappa shape index (κ1) is 20.0. The molecule has 0 heterocycles. The molecule has 0 aromatic heterocycles. The number of hydrogen-bond donors (Lipinski definition) is 0. The molecule has 118 valence electrons. The van der Waals surface area contributed by atoms with Gasteiger partial charge in [0.15, 0.2) is 0 Å². The molecule has 21 heavy (non-hydrogen) atoms. The van der Waals surface area contributed by atoms with Crippen molar-refractivity contribution >= 4 is 22.9 Å². The quantitative estimate of drug-likeness (QED) is 0.299. The first-order valence-corrected chi connectivity index (χ1v) is 7.45. The molecule has 0 aliphatic rings. The number of ether oxygens (including phenoxy) is 1. The van der Waals surface area contributed by atoms with Crippen LogP contribution in [0.2, 0.25) is 0 Å². The maximum absolute atomic E-state index is 12.2. The van der Waals surface area contributed by atoms with Crippen molar-refractivity contribution in [3.63, 3.8) is 0 Å². The van der Waals surface area contributed by atoms with Gasteiger partial charge >= 0.3 is 11.1 Å². The average molecular weight is 375 g/mol. The number of carbonyl (C=O) groups is 1. The summed E-state index contributed by atoms with van der Waals surface area (Å²) in [6.07, 6.45) is 0. The van der Waals surface area contributed by atoms with E-state index in [4.69, 9.17) is 4.74 Å². The Hall–Kier alpha value is -1.01. The number of hydrogen-bond acceptors (Lipinski definition) is 3. The molecule has 1 rings (SSSR count). The Kier molecular flexibility index (Phi) is 9.37. The van der Waals surface area contributed by atoms with Crippen LogP contribution in [0, 0.1) is 0 Å². The fourth-order valence-corrected chi connectivity index (χ4v) is 2.90. The largest absolute Gasteiger partial charge is 1.00 e. The Morgan fingerprint density at radius 2 is 1.86 bits per heavy atom. The van der Waals surface area contributed by atoms with Crippen LogP contribution < -0.4 is 17.0 Å². The predicted octanol–water partition coefficient (Wildman–Crippen LogP) is -0.782. The van der Waals surface area contributed by atoms with Gasteiger partial charge in [0.05, 0.1) is 34.8 Å². The molecule has 0 aliphatic heterocycles. The Morgan fingerprint density at radius 1 is 1.29 bits per heavy atom. The molecule has 0 bridgehead atoms. The molecule has 6 heteroatoms. The Balaban J connectivity index is 0.00000400. The maximum Gasteiger partial charge on any atom is 0.324 e. The molecular formula is C15H23BrN2O2S. The minimum atomic E-state index is -0.351. The zero-order valence-electron chi connectivity index (χ0n) is 13.2. The van der Waals surface area contributed by atoms with Gasteiger partial charge in [-0.2, -0.15) is 0 Å². The summed E-state index contributed by atoms with van der Waals surface area (Å²) >= 11 is 1.50. The van der Waals surface area contributed by atoms with Crippen LogP contribution in [0.15, 0.2) is 30.3 Å². The third kappa shape index (κ3) is 6.09. The summed E-state index contributed by atoms with van der Waals surface area (Å²) in [6.45, 7) is 2.22. The standard InChI is InChI=1S/C15H23N2O2S.BrH/c1-6-19-14(18)13(12-10-8-7-9-11-12)20-15(16(2)3)17(4)5;/h7-11,13H,6H2,1-5H3;1H/q+1;/p-1. The number of benzene rings is 1. The van der Waals surface area contributed by atoms with Gasteiger partial charge in [-0.05, 0) is 24.2 Å². The average Bonchev–Trinajstić information content (AvgIpc) is 2.39. The van der Waals surface area contributed by atoms with Gasteiger partial charge in [0.2, 0.25) is 0 Å². The highest BCUT2D eigenvalue weighted by atomic mass is 79.9. The molecule has 1 atom stereocenters. The van der Waals surface area contributed by atoms with E-state index in [1.54, 1.807) is 0 Å². The van der Waals surface area contributed by atoms with Crippen LogP contribution in [0.3, 0.4) is 0 Å². The van der Waals surface area contributed by atoms with Crippen LogP contribution >= 0.6 is 11.8 Å². The lowest BCUT2D eigenvalue weighted by Gasteiger charge is -2.17. The first-order valence-electron chi connectivity index (χ1n) is 6.57. The number of nitrogens with zero attached hydrogens (tertiary/aromatic N) is 2. The molecule has 0 fully saturated rings. The topological polar surface area (TPSA) is 32.5 Å². The molecule has 4 nitrogen and oxygen atoms in total. The molecule has 1 aromatic rings. The van der Waals surface area contributed by atoms with Crippen molar-refractivity contribution in [2.45, 2.75) is 12.2 Å². The van der Waals surface area contributed by atoms with Crippen LogP contribution in [0.4, 0.5) is 0 Å². The second-order valence-electron chi connectivity index (χ2n) is 4.73. The van der Waals surface area contributed by atoms with E-state index in [1.165, 1.54) is 11.8 Å². The molecule has 1 aromatic carbocycles. The van der Waals surface area contributed by atoms with Gasteiger partial charge in [0.1, 0.15) is 5.25 Å². The van der Waals surface area contributed by atoms with Gasteiger partial charge in [-0.3, -0.25) is 14.3 Å². The second kappa shape index (κ2) is 9.84. The van der Waals surface area contributed by atoms with Crippen molar-refractivity contribution in [1.29, 1.82) is 0 Å². The van der Waals surface area contributed by atoms with Gasteiger partial charge in [-0.25, -0.2) is 0 Å². The summed E-state index contributed by atoms with van der Waals surface area (Å²) in [5.74, 6) is -0.204. The lowest BCUT2D eigenvalue weighted by atomic mass is 10.1. The monoisotopic (exact) mass is 374 g/mol. The van der Waals surface area contributed by atoms with Crippen molar-refractivity contribution in [1.82, 2.24) is 4.90 Å². The summed E-state index contributed by atoms with van der Waals surface area (Å²) in [4.78, 5) is 14.2. The van der Waals surface area contributed by atoms with Crippen molar-refractivity contribution in [3.05, 3.63) is 35.9 Å². The van der Waals surface area contributed by atoms with Gasteiger partial charge in [-0.1, -0.05) is 30.3 Å². The van der Waals surface area contributed by atoms with Crippen molar-refractivity contribution in [3.8, 4) is 0 Å². The van der Waals surface area contributed by atoms with Crippen molar-refractivity contribution in [2.24, 2.45) is 0 Å². The second-order valence-corrected chi connectivity index (χ2v) is 5.80. The van der Waals surface area contributed by atoms with E-state index in [0.29, 0.717) is 6.61 Å². The third-order valence-corrected chi connectivity index (χ3v) is 4.23. The molecule has 0 spiro atoms. The predicted molar refractivity (Wildman–Crippen MR) is 84.2 cm³/mol. The van der Waals surface area contributed by atoms with E-state index in [-0.39, 0.29) is 28.2 Å². The van der Waals surface area contributed by atoms with Gasteiger partial charge in [-0.15, -0.1) is 0 Å².